The highest BCUT2D eigenvalue weighted by Gasteiger charge is 2.36. The van der Waals surface area contributed by atoms with Crippen LogP contribution >= 0.6 is 0 Å². The van der Waals surface area contributed by atoms with Crippen molar-refractivity contribution in [3.05, 3.63) is 102 Å². The lowest BCUT2D eigenvalue weighted by atomic mass is 9.85. The van der Waals surface area contributed by atoms with Crippen LogP contribution < -0.4 is 5.73 Å². The van der Waals surface area contributed by atoms with Gasteiger partial charge in [-0.2, -0.15) is 0 Å². The molecule has 114 valence electrons. The van der Waals surface area contributed by atoms with E-state index in [0.717, 1.165) is 0 Å². The van der Waals surface area contributed by atoms with Crippen molar-refractivity contribution in [1.82, 2.24) is 0 Å². The lowest BCUT2D eigenvalue weighted by Gasteiger charge is -2.28. The van der Waals surface area contributed by atoms with Crippen LogP contribution in [0.15, 0.2) is 96.0 Å². The van der Waals surface area contributed by atoms with E-state index in [-0.39, 0.29) is 5.84 Å². The molecule has 23 heavy (non-hydrogen) atoms. The molecule has 0 atom stereocenters. The van der Waals surface area contributed by atoms with Crippen LogP contribution in [0.4, 0.5) is 5.69 Å². The molecule has 0 aliphatic rings. The number of aliphatic hydroxyl groups is 1. The molecule has 0 aliphatic carbocycles. The van der Waals surface area contributed by atoms with Gasteiger partial charge in [-0.25, -0.2) is 4.99 Å². The number of rotatable bonds is 4. The molecule has 3 N–H and O–H groups in total. The van der Waals surface area contributed by atoms with Gasteiger partial charge in [0.05, 0.1) is 5.69 Å². The van der Waals surface area contributed by atoms with Gasteiger partial charge in [-0.05, 0) is 23.3 Å². The number of nitrogens with zero attached hydrogens (tertiary/aromatic N) is 1. The molecular formula is C20H18N2O. The Hall–Kier alpha value is -2.91. The van der Waals surface area contributed by atoms with Crippen LogP contribution in [0.3, 0.4) is 0 Å². The van der Waals surface area contributed by atoms with Crippen molar-refractivity contribution in [2.75, 3.05) is 0 Å². The number of aliphatic imine (C=N–C) groups is 1. The molecule has 3 aromatic rings. The normalized spacial score (nSPS) is 12.1. The molecule has 0 aliphatic heterocycles. The van der Waals surface area contributed by atoms with E-state index in [1.165, 1.54) is 0 Å². The van der Waals surface area contributed by atoms with Gasteiger partial charge in [0.15, 0.2) is 5.60 Å². The van der Waals surface area contributed by atoms with E-state index in [2.05, 4.69) is 4.99 Å². The summed E-state index contributed by atoms with van der Waals surface area (Å²) in [5.41, 5.74) is 6.85. The summed E-state index contributed by atoms with van der Waals surface area (Å²) < 4.78 is 0. The van der Waals surface area contributed by atoms with Crippen molar-refractivity contribution in [3.8, 4) is 0 Å². The van der Waals surface area contributed by atoms with E-state index in [4.69, 9.17) is 5.73 Å². The van der Waals surface area contributed by atoms with Crippen molar-refractivity contribution in [1.29, 1.82) is 0 Å². The quantitative estimate of drug-likeness (QED) is 0.571. The van der Waals surface area contributed by atoms with Crippen LogP contribution in [0.1, 0.15) is 11.1 Å². The van der Waals surface area contributed by atoms with E-state index in [9.17, 15) is 5.11 Å². The van der Waals surface area contributed by atoms with E-state index >= 15 is 0 Å². The number of para-hydroxylation sites is 1. The molecule has 0 bridgehead atoms. The molecule has 0 heterocycles. The standard InChI is InChI=1S/C20H18N2O/c21-19(22-18-14-8-3-9-15-18)20(23,16-10-4-1-5-11-16)17-12-6-2-7-13-17/h1-15,23H,(H2,21,22). The van der Waals surface area contributed by atoms with Crippen LogP contribution in [0.25, 0.3) is 0 Å². The van der Waals surface area contributed by atoms with E-state index in [0.29, 0.717) is 16.8 Å². The summed E-state index contributed by atoms with van der Waals surface area (Å²) in [6.45, 7) is 0. The van der Waals surface area contributed by atoms with Gasteiger partial charge in [-0.3, -0.25) is 0 Å². The van der Waals surface area contributed by atoms with Gasteiger partial charge >= 0.3 is 0 Å². The maximum atomic E-state index is 11.4. The highest BCUT2D eigenvalue weighted by atomic mass is 16.3. The zero-order valence-electron chi connectivity index (χ0n) is 12.6. The lowest BCUT2D eigenvalue weighted by Crippen LogP contribution is -2.42. The minimum Gasteiger partial charge on any atom is -0.384 e. The lowest BCUT2D eigenvalue weighted by molar-refractivity contribution is 0.154. The summed E-state index contributed by atoms with van der Waals surface area (Å²) in [7, 11) is 0. The predicted molar refractivity (Wildman–Crippen MR) is 93.6 cm³/mol. The summed E-state index contributed by atoms with van der Waals surface area (Å²) in [6, 6.07) is 28.1. The summed E-state index contributed by atoms with van der Waals surface area (Å²) in [4.78, 5) is 4.43. The zero-order chi connectivity index (χ0) is 16.1. The molecule has 0 aromatic heterocycles. The van der Waals surface area contributed by atoms with Crippen molar-refractivity contribution in [2.45, 2.75) is 5.60 Å². The predicted octanol–water partition coefficient (Wildman–Crippen LogP) is 3.61. The van der Waals surface area contributed by atoms with Gasteiger partial charge in [-0.1, -0.05) is 78.9 Å². The minimum absolute atomic E-state index is 0.140. The van der Waals surface area contributed by atoms with Crippen LogP contribution in [0, 0.1) is 0 Å². The minimum atomic E-state index is -1.47. The molecule has 0 radical (unpaired) electrons. The Morgan fingerprint density at radius 1 is 0.696 bits per heavy atom. The summed E-state index contributed by atoms with van der Waals surface area (Å²) in [5, 5.41) is 11.4. The van der Waals surface area contributed by atoms with Crippen LogP contribution in [0.2, 0.25) is 0 Å². The number of hydrogen-bond acceptors (Lipinski definition) is 2. The monoisotopic (exact) mass is 302 g/mol. The fourth-order valence-corrected chi connectivity index (χ4v) is 2.54. The third kappa shape index (κ3) is 3.00. The van der Waals surface area contributed by atoms with Crippen molar-refractivity contribution < 1.29 is 5.11 Å². The summed E-state index contributed by atoms with van der Waals surface area (Å²) >= 11 is 0. The van der Waals surface area contributed by atoms with Gasteiger partial charge in [0, 0.05) is 0 Å². The number of amidine groups is 1. The molecule has 0 saturated heterocycles. The van der Waals surface area contributed by atoms with Gasteiger partial charge < -0.3 is 10.8 Å². The Morgan fingerprint density at radius 2 is 1.09 bits per heavy atom. The van der Waals surface area contributed by atoms with E-state index < -0.39 is 5.60 Å². The topological polar surface area (TPSA) is 58.6 Å². The number of nitrogens with two attached hydrogens (primary N) is 1. The van der Waals surface area contributed by atoms with E-state index in [1.54, 1.807) is 0 Å². The molecule has 0 amide bonds. The first kappa shape index (κ1) is 15.0. The zero-order valence-corrected chi connectivity index (χ0v) is 12.6. The Labute approximate surface area is 135 Å². The van der Waals surface area contributed by atoms with Crippen molar-refractivity contribution >= 4 is 11.5 Å². The van der Waals surface area contributed by atoms with Gasteiger partial charge in [0.1, 0.15) is 5.84 Å². The highest BCUT2D eigenvalue weighted by molar-refractivity contribution is 5.95. The fraction of sp³-hybridized carbons (Fsp3) is 0.0500. The first-order chi connectivity index (χ1) is 11.2. The molecular weight excluding hydrogens is 284 g/mol. The molecule has 3 rings (SSSR count). The SMILES string of the molecule is NC(=Nc1ccccc1)C(O)(c1ccccc1)c1ccccc1. The second-order valence-corrected chi connectivity index (χ2v) is 5.28. The van der Waals surface area contributed by atoms with Gasteiger partial charge in [0.25, 0.3) is 0 Å². The van der Waals surface area contributed by atoms with Crippen molar-refractivity contribution in [3.63, 3.8) is 0 Å². The molecule has 3 nitrogen and oxygen atoms in total. The molecule has 3 aromatic carbocycles. The van der Waals surface area contributed by atoms with Crippen LogP contribution in [-0.2, 0) is 5.60 Å². The second-order valence-electron chi connectivity index (χ2n) is 5.28. The Bertz CT molecular complexity index is 744. The van der Waals surface area contributed by atoms with Gasteiger partial charge in [-0.15, -0.1) is 0 Å². The Morgan fingerprint density at radius 3 is 1.52 bits per heavy atom. The maximum Gasteiger partial charge on any atom is 0.172 e. The first-order valence-corrected chi connectivity index (χ1v) is 7.44. The molecule has 0 spiro atoms. The van der Waals surface area contributed by atoms with Gasteiger partial charge in [0.2, 0.25) is 0 Å². The van der Waals surface area contributed by atoms with Crippen LogP contribution in [-0.4, -0.2) is 10.9 Å². The molecule has 0 unspecified atom stereocenters. The smallest absolute Gasteiger partial charge is 0.172 e. The van der Waals surface area contributed by atoms with E-state index in [1.807, 2.05) is 91.0 Å². The fourth-order valence-electron chi connectivity index (χ4n) is 2.54. The summed E-state index contributed by atoms with van der Waals surface area (Å²) in [5.74, 6) is 0.140. The number of benzene rings is 3. The van der Waals surface area contributed by atoms with Crippen molar-refractivity contribution in [2.24, 2.45) is 10.7 Å². The third-order valence-electron chi connectivity index (χ3n) is 3.76. The number of hydrogen-bond donors (Lipinski definition) is 2. The molecule has 0 fully saturated rings. The summed E-state index contributed by atoms with van der Waals surface area (Å²) in [6.07, 6.45) is 0. The third-order valence-corrected chi connectivity index (χ3v) is 3.76. The molecule has 3 heteroatoms. The Balaban J connectivity index is 2.15. The average Bonchev–Trinajstić information content (AvgIpc) is 2.63. The highest BCUT2D eigenvalue weighted by Crippen LogP contribution is 2.31. The largest absolute Gasteiger partial charge is 0.384 e. The Kier molecular flexibility index (Phi) is 4.22. The second kappa shape index (κ2) is 6.46. The maximum absolute atomic E-state index is 11.4. The average molecular weight is 302 g/mol. The molecule has 0 saturated carbocycles. The first-order valence-electron chi connectivity index (χ1n) is 7.44. The van der Waals surface area contributed by atoms with Crippen LogP contribution in [0.5, 0.6) is 0 Å².